The number of halogens is 6. The molecule has 9 aromatic heterocycles. The molecule has 12 aromatic rings. The number of pyridine rings is 3. The Morgan fingerprint density at radius 1 is 0.359 bits per heavy atom. The van der Waals surface area contributed by atoms with Crippen molar-refractivity contribution < 1.29 is 40.7 Å². The first-order valence-electron chi connectivity index (χ1n) is 44.3. The van der Waals surface area contributed by atoms with Crippen LogP contribution in [0.5, 0.6) is 0 Å². The molecule has 33 heteroatoms. The topological polar surface area (TPSA) is 291 Å². The lowest BCUT2D eigenvalue weighted by molar-refractivity contribution is -0.129. The lowest BCUT2D eigenvalue weighted by atomic mass is 10.0. The maximum atomic E-state index is 16.0. The molecule has 131 heavy (non-hydrogen) atoms. The number of nitrogens with zero attached hydrogens (tertiary/aromatic N) is 21. The molecule has 12 heterocycles. The third-order valence-electron chi connectivity index (χ3n) is 24.5. The zero-order valence-corrected chi connectivity index (χ0v) is 76.3. The summed E-state index contributed by atoms with van der Waals surface area (Å²) in [4.78, 5) is 147. The van der Waals surface area contributed by atoms with Crippen molar-refractivity contribution in [2.75, 3.05) is 60.5 Å². The first-order chi connectivity index (χ1) is 62.4. The summed E-state index contributed by atoms with van der Waals surface area (Å²) in [6.07, 6.45) is 7.60. The van der Waals surface area contributed by atoms with E-state index in [0.717, 1.165) is 37.1 Å². The number of rotatable bonds is 18. The van der Waals surface area contributed by atoms with Gasteiger partial charge in [0.05, 0.1) is 67.4 Å². The Labute approximate surface area is 753 Å². The van der Waals surface area contributed by atoms with E-state index in [1.165, 1.54) is 105 Å². The van der Waals surface area contributed by atoms with Crippen LogP contribution in [0.15, 0.2) is 143 Å². The van der Waals surface area contributed by atoms with E-state index in [9.17, 15) is 41.9 Å². The van der Waals surface area contributed by atoms with Gasteiger partial charge in [0, 0.05) is 105 Å². The Hall–Kier alpha value is -13.6. The zero-order valence-electron chi connectivity index (χ0n) is 76.3. The van der Waals surface area contributed by atoms with Gasteiger partial charge >= 0.3 is 17.1 Å². The number of hydrogen-bond acceptors (Lipinski definition) is 21. The normalized spacial score (nSPS) is 17.7. The third-order valence-corrected chi connectivity index (χ3v) is 24.5. The molecule has 3 aromatic carbocycles. The molecule has 0 unspecified atom stereocenters. The lowest BCUT2D eigenvalue weighted by Crippen LogP contribution is -2.58. The number of carbonyl (C=O) groups excluding carboxylic acids is 3. The highest BCUT2D eigenvalue weighted by Gasteiger charge is 2.42. The molecular formula is C98H105F6N21O6. The van der Waals surface area contributed by atoms with Crippen molar-refractivity contribution in [3.8, 4) is 50.8 Å². The molecule has 680 valence electrons. The summed E-state index contributed by atoms with van der Waals surface area (Å²) in [5.41, 5.74) is 3.27. The predicted molar refractivity (Wildman–Crippen MR) is 493 cm³/mol. The first kappa shape index (κ1) is 92.1. The van der Waals surface area contributed by atoms with Crippen molar-refractivity contribution in [2.45, 2.75) is 202 Å². The fourth-order valence-corrected chi connectivity index (χ4v) is 17.8. The average Bonchev–Trinajstić information content (AvgIpc) is 1.65. The maximum Gasteiger partial charge on any atom is 0.355 e. The predicted octanol–water partition coefficient (Wildman–Crippen LogP) is 16.2. The Morgan fingerprint density at radius 3 is 0.954 bits per heavy atom. The Kier molecular flexibility index (Phi) is 26.1. The third kappa shape index (κ3) is 17.8. The number of aryl methyl sites for hydroxylation is 3. The number of anilines is 3. The molecule has 3 aliphatic heterocycles. The lowest BCUT2D eigenvalue weighted by Gasteiger charge is -2.44. The molecule has 5 aliphatic rings. The summed E-state index contributed by atoms with van der Waals surface area (Å²) in [7, 11) is 0. The summed E-state index contributed by atoms with van der Waals surface area (Å²) in [5, 5.41) is 0.862. The minimum atomic E-state index is -0.759. The van der Waals surface area contributed by atoms with E-state index in [-0.39, 0.29) is 162 Å². The molecule has 3 amide bonds. The summed E-state index contributed by atoms with van der Waals surface area (Å²) >= 11 is 0. The van der Waals surface area contributed by atoms with Gasteiger partial charge in [0.1, 0.15) is 86.9 Å². The second kappa shape index (κ2) is 37.1. The Bertz CT molecular complexity index is 6460. The van der Waals surface area contributed by atoms with Crippen LogP contribution in [-0.4, -0.2) is 182 Å². The zero-order chi connectivity index (χ0) is 94.1. The number of fused-ring (bicyclic) bond motifs is 3. The standard InChI is InChI=1S/C33H33F2N7O2.C33H37F2N7O2.C32H35F2N7O2/c1-5-26(43)40-15-18(3)41(16-17(40)2)31-23-14-25(35)29(22-8-6-7-9-24(22)34)38-32(23)42(33(44)39-31)30-27(20-10-11-20)36-19(4)37-28(30)21-12-13-21;1-9-26(43)40-15-20(7)41(16-19(40)6)31-23-14-25(35)29(22-12-10-11-13-24(22)34)38-32(23)42(33(44)39-31)30-27(17(2)3)36-21(8)37-28(30)18(4)5;1-8-25(42)39-13-14-40(19(6)16-39)30-22-15-24(34)28(21-11-9-10-12-23(21)33)37-31(22)41(32(43)38-30)29-26(17(2)3)35-20(7)36-27(29)18(4)5/h5-9,14,17-18,20-21H,1,10-13,15-16H2,2-4H3;9-14,17-20H,1,15-16H2,2-8H3;8-12,15,17-19H,1,13-14,16H2,2-7H3/t17-,18+;19-,20+;19-/m110/s1. The molecule has 0 N–H and O–H groups in total. The van der Waals surface area contributed by atoms with Crippen LogP contribution < -0.4 is 31.8 Å². The first-order valence-corrected chi connectivity index (χ1v) is 44.3. The highest BCUT2D eigenvalue weighted by Crippen LogP contribution is 2.49. The summed E-state index contributed by atoms with van der Waals surface area (Å²) in [6.45, 7) is 44.0. The second-order valence-corrected chi connectivity index (χ2v) is 35.6. The van der Waals surface area contributed by atoms with E-state index in [4.69, 9.17) is 34.9 Å². The van der Waals surface area contributed by atoms with Crippen molar-refractivity contribution >= 4 is 68.3 Å². The van der Waals surface area contributed by atoms with E-state index < -0.39 is 52.0 Å². The monoisotopic (exact) mass is 1790 g/mol. The molecule has 0 spiro atoms. The Balaban J connectivity index is 0.000000150. The van der Waals surface area contributed by atoms with E-state index in [2.05, 4.69) is 44.7 Å². The van der Waals surface area contributed by atoms with Crippen LogP contribution in [0.4, 0.5) is 43.8 Å². The number of hydrogen-bond donors (Lipinski definition) is 0. The number of benzene rings is 3. The number of amides is 3. The molecule has 3 saturated heterocycles. The van der Waals surface area contributed by atoms with Gasteiger partial charge in [-0.2, -0.15) is 15.0 Å². The van der Waals surface area contributed by atoms with E-state index in [1.54, 1.807) is 46.7 Å². The summed E-state index contributed by atoms with van der Waals surface area (Å²) in [6, 6.07) is 20.1. The van der Waals surface area contributed by atoms with Gasteiger partial charge in [0.25, 0.3) is 0 Å². The van der Waals surface area contributed by atoms with Crippen LogP contribution in [0.2, 0.25) is 0 Å². The van der Waals surface area contributed by atoms with Gasteiger partial charge in [-0.3, -0.25) is 14.4 Å². The van der Waals surface area contributed by atoms with Crippen LogP contribution in [0.3, 0.4) is 0 Å². The summed E-state index contributed by atoms with van der Waals surface area (Å²) < 4.78 is 96.9. The van der Waals surface area contributed by atoms with E-state index in [0.29, 0.717) is 109 Å². The van der Waals surface area contributed by atoms with Crippen molar-refractivity contribution in [1.29, 1.82) is 0 Å². The fraction of sp³-hybridized carbons (Fsp3) is 0.388. The fourth-order valence-electron chi connectivity index (χ4n) is 17.8. The highest BCUT2D eigenvalue weighted by molar-refractivity contribution is 5.95. The van der Waals surface area contributed by atoms with Gasteiger partial charge < -0.3 is 29.4 Å². The minimum Gasteiger partial charge on any atom is -0.350 e. The summed E-state index contributed by atoms with van der Waals surface area (Å²) in [5.74, 6) is -2.27. The molecule has 5 fully saturated rings. The van der Waals surface area contributed by atoms with Gasteiger partial charge in [-0.15, -0.1) is 0 Å². The molecule has 2 aliphatic carbocycles. The molecule has 27 nitrogen and oxygen atoms in total. The molecule has 0 bridgehead atoms. The molecule has 5 atom stereocenters. The van der Waals surface area contributed by atoms with E-state index >= 15 is 13.2 Å². The molecule has 17 rings (SSSR count). The van der Waals surface area contributed by atoms with Crippen LogP contribution in [0.1, 0.15) is 203 Å². The van der Waals surface area contributed by atoms with Crippen molar-refractivity contribution in [3.05, 3.63) is 247 Å². The SMILES string of the molecule is C=CC(=O)N1CCN(c2nc(=O)n(-c3c(C(C)C)nc(C)nc3C(C)C)c3nc(-c4ccccc4F)c(F)cc23)[C@@H](C)C1.C=CC(=O)N1C[C@H](C)N(c2nc(=O)n(-c3c(C(C)C)nc(C)nc3C(C)C)c3nc(-c4ccccc4F)c(F)cc23)C[C@H]1C.C=CC(=O)N1C[C@H](C)N(c2nc(=O)n(-c3c(C4CC4)nc(C)nc3C3CC3)c3nc(-c4ccccc4F)c(F)cc23)C[C@H]1C. The largest absolute Gasteiger partial charge is 0.355 e. The maximum absolute atomic E-state index is 16.0. The van der Waals surface area contributed by atoms with Crippen molar-refractivity contribution in [3.63, 3.8) is 0 Å². The molecule has 2 saturated carbocycles. The van der Waals surface area contributed by atoms with Gasteiger partial charge in [0.2, 0.25) is 17.7 Å². The van der Waals surface area contributed by atoms with E-state index in [1.807, 2.05) is 112 Å². The van der Waals surface area contributed by atoms with Gasteiger partial charge in [-0.25, -0.2) is 99.3 Å². The number of carbonyl (C=O) groups is 3. The number of aromatic nitrogens is 15. The van der Waals surface area contributed by atoms with Crippen LogP contribution in [-0.2, 0) is 14.4 Å². The highest BCUT2D eigenvalue weighted by atomic mass is 19.1. The molecule has 0 radical (unpaired) electrons. The smallest absolute Gasteiger partial charge is 0.350 e. The minimum absolute atomic E-state index is 0.00667. The Morgan fingerprint density at radius 2 is 0.656 bits per heavy atom. The molecular weight excluding hydrogens is 1680 g/mol. The van der Waals surface area contributed by atoms with Crippen LogP contribution in [0, 0.1) is 55.7 Å². The second-order valence-electron chi connectivity index (χ2n) is 35.6. The van der Waals surface area contributed by atoms with Crippen molar-refractivity contribution in [1.82, 2.24) is 88.2 Å². The van der Waals surface area contributed by atoms with Crippen molar-refractivity contribution in [2.24, 2.45) is 0 Å². The quantitative estimate of drug-likeness (QED) is 0.0569. The van der Waals surface area contributed by atoms with Gasteiger partial charge in [0.15, 0.2) is 16.9 Å². The number of piperazine rings is 3. The van der Waals surface area contributed by atoms with Gasteiger partial charge in [-0.05, 0) is 178 Å². The van der Waals surface area contributed by atoms with Gasteiger partial charge in [-0.1, -0.05) is 112 Å². The average molecular weight is 1790 g/mol. The van der Waals surface area contributed by atoms with Crippen LogP contribution in [0.25, 0.3) is 83.9 Å². The van der Waals surface area contributed by atoms with Crippen LogP contribution >= 0.6 is 0 Å².